The molecule has 21 heavy (non-hydrogen) atoms. The first-order valence-corrected chi connectivity index (χ1v) is 6.47. The summed E-state index contributed by atoms with van der Waals surface area (Å²) in [4.78, 5) is 10.6. The number of hydrogen-bond acceptors (Lipinski definition) is 3. The number of carboxylic acids is 1. The van der Waals surface area contributed by atoms with Crippen LogP contribution in [-0.2, 0) is 4.79 Å². The Kier molecular flexibility index (Phi) is 3.23. The SMILES string of the molecule is Cc1ccc(/C=C/C(=O)O)cc1-n1nnc2ccccc21. The van der Waals surface area contributed by atoms with E-state index in [1.807, 2.05) is 49.4 Å². The molecule has 0 aliphatic rings. The van der Waals surface area contributed by atoms with Gasteiger partial charge in [0.05, 0.1) is 11.2 Å². The topological polar surface area (TPSA) is 68.0 Å². The molecule has 1 heterocycles. The summed E-state index contributed by atoms with van der Waals surface area (Å²) in [5.41, 5.74) is 4.47. The summed E-state index contributed by atoms with van der Waals surface area (Å²) in [5.74, 6) is -0.969. The zero-order valence-corrected chi connectivity index (χ0v) is 11.4. The number of benzene rings is 2. The van der Waals surface area contributed by atoms with Gasteiger partial charge in [-0.25, -0.2) is 9.48 Å². The Labute approximate surface area is 121 Å². The Morgan fingerprint density at radius 2 is 2.05 bits per heavy atom. The highest BCUT2D eigenvalue weighted by Gasteiger charge is 2.08. The van der Waals surface area contributed by atoms with E-state index in [1.54, 1.807) is 10.8 Å². The van der Waals surface area contributed by atoms with E-state index >= 15 is 0 Å². The van der Waals surface area contributed by atoms with Crippen molar-refractivity contribution in [1.29, 1.82) is 0 Å². The first-order valence-electron chi connectivity index (χ1n) is 6.47. The molecule has 0 aliphatic heterocycles. The van der Waals surface area contributed by atoms with Crippen molar-refractivity contribution in [3.63, 3.8) is 0 Å². The standard InChI is InChI=1S/C16H13N3O2/c1-11-6-7-12(8-9-16(20)21)10-15(11)19-14-5-3-2-4-13(14)17-18-19/h2-10H,1H3,(H,20,21)/b9-8+. The number of para-hydroxylation sites is 1. The number of rotatable bonds is 3. The van der Waals surface area contributed by atoms with E-state index < -0.39 is 5.97 Å². The first kappa shape index (κ1) is 13.1. The van der Waals surface area contributed by atoms with Gasteiger partial charge in [-0.2, -0.15) is 0 Å². The summed E-state index contributed by atoms with van der Waals surface area (Å²) >= 11 is 0. The van der Waals surface area contributed by atoms with Crippen LogP contribution < -0.4 is 0 Å². The number of carboxylic acid groups (broad SMARTS) is 1. The molecule has 0 aliphatic carbocycles. The van der Waals surface area contributed by atoms with Crippen LogP contribution in [-0.4, -0.2) is 26.1 Å². The monoisotopic (exact) mass is 279 g/mol. The Hall–Kier alpha value is -2.95. The molecule has 3 rings (SSSR count). The van der Waals surface area contributed by atoms with Gasteiger partial charge in [0, 0.05) is 6.08 Å². The molecule has 0 spiro atoms. The molecule has 1 N–H and O–H groups in total. The third-order valence-corrected chi connectivity index (χ3v) is 3.23. The van der Waals surface area contributed by atoms with Gasteiger partial charge in [-0.15, -0.1) is 5.10 Å². The van der Waals surface area contributed by atoms with Gasteiger partial charge in [-0.05, 0) is 42.3 Å². The molecule has 0 unspecified atom stereocenters. The maximum absolute atomic E-state index is 10.6. The predicted molar refractivity (Wildman–Crippen MR) is 80.3 cm³/mol. The summed E-state index contributed by atoms with van der Waals surface area (Å²) in [5, 5.41) is 17.0. The first-order chi connectivity index (χ1) is 10.1. The van der Waals surface area contributed by atoms with Crippen LogP contribution in [0.2, 0.25) is 0 Å². The average molecular weight is 279 g/mol. The highest BCUT2D eigenvalue weighted by Crippen LogP contribution is 2.20. The number of fused-ring (bicyclic) bond motifs is 1. The van der Waals surface area contributed by atoms with E-state index in [2.05, 4.69) is 10.3 Å². The third kappa shape index (κ3) is 2.53. The Morgan fingerprint density at radius 3 is 2.86 bits per heavy atom. The molecule has 0 radical (unpaired) electrons. The molecule has 0 saturated heterocycles. The zero-order chi connectivity index (χ0) is 14.8. The van der Waals surface area contributed by atoms with E-state index in [9.17, 15) is 4.79 Å². The van der Waals surface area contributed by atoms with E-state index in [-0.39, 0.29) is 0 Å². The van der Waals surface area contributed by atoms with Crippen molar-refractivity contribution in [3.05, 3.63) is 59.7 Å². The highest BCUT2D eigenvalue weighted by molar-refractivity contribution is 5.85. The second-order valence-corrected chi connectivity index (χ2v) is 4.71. The zero-order valence-electron chi connectivity index (χ0n) is 11.4. The van der Waals surface area contributed by atoms with E-state index in [1.165, 1.54) is 0 Å². The van der Waals surface area contributed by atoms with Crippen molar-refractivity contribution in [2.75, 3.05) is 0 Å². The quantitative estimate of drug-likeness (QED) is 0.748. The second-order valence-electron chi connectivity index (χ2n) is 4.71. The van der Waals surface area contributed by atoms with Crippen molar-refractivity contribution < 1.29 is 9.90 Å². The third-order valence-electron chi connectivity index (χ3n) is 3.23. The Bertz CT molecular complexity index is 850. The number of aliphatic carboxylic acids is 1. The van der Waals surface area contributed by atoms with E-state index in [0.717, 1.165) is 33.9 Å². The molecule has 0 fully saturated rings. The van der Waals surface area contributed by atoms with Gasteiger partial charge in [0.1, 0.15) is 5.52 Å². The van der Waals surface area contributed by atoms with Crippen molar-refractivity contribution in [1.82, 2.24) is 15.0 Å². The molecule has 0 saturated carbocycles. The molecule has 0 bridgehead atoms. The maximum atomic E-state index is 10.6. The fourth-order valence-corrected chi connectivity index (χ4v) is 2.17. The molecule has 3 aromatic rings. The number of carbonyl (C=O) groups is 1. The van der Waals surface area contributed by atoms with Crippen molar-refractivity contribution in [2.24, 2.45) is 0 Å². The lowest BCUT2D eigenvalue weighted by Crippen LogP contribution is -2.00. The molecule has 0 amide bonds. The molecular formula is C16H13N3O2. The lowest BCUT2D eigenvalue weighted by atomic mass is 10.1. The smallest absolute Gasteiger partial charge is 0.328 e. The van der Waals surface area contributed by atoms with Crippen LogP contribution in [0.25, 0.3) is 22.8 Å². The number of nitrogens with zero attached hydrogens (tertiary/aromatic N) is 3. The fourth-order valence-electron chi connectivity index (χ4n) is 2.17. The van der Waals surface area contributed by atoms with Gasteiger partial charge in [-0.3, -0.25) is 0 Å². The molecule has 2 aromatic carbocycles. The summed E-state index contributed by atoms with van der Waals surface area (Å²) in [6, 6.07) is 13.4. The minimum Gasteiger partial charge on any atom is -0.478 e. The van der Waals surface area contributed by atoms with E-state index in [4.69, 9.17) is 5.11 Å². The maximum Gasteiger partial charge on any atom is 0.328 e. The van der Waals surface area contributed by atoms with Gasteiger partial charge in [-0.1, -0.05) is 29.5 Å². The van der Waals surface area contributed by atoms with Crippen LogP contribution >= 0.6 is 0 Å². The summed E-state index contributed by atoms with van der Waals surface area (Å²) in [6.07, 6.45) is 2.68. The predicted octanol–water partition coefficient (Wildman–Crippen LogP) is 2.83. The normalized spacial score (nSPS) is 11.3. The highest BCUT2D eigenvalue weighted by atomic mass is 16.4. The van der Waals surface area contributed by atoms with Crippen molar-refractivity contribution in [2.45, 2.75) is 6.92 Å². The summed E-state index contributed by atoms with van der Waals surface area (Å²) in [6.45, 7) is 1.98. The summed E-state index contributed by atoms with van der Waals surface area (Å²) in [7, 11) is 0. The van der Waals surface area contributed by atoms with Crippen LogP contribution in [0.3, 0.4) is 0 Å². The number of aromatic nitrogens is 3. The average Bonchev–Trinajstić information content (AvgIpc) is 2.90. The minimum atomic E-state index is -0.969. The lowest BCUT2D eigenvalue weighted by molar-refractivity contribution is -0.131. The van der Waals surface area contributed by atoms with Crippen LogP contribution in [0.5, 0.6) is 0 Å². The molecule has 5 heteroatoms. The number of aryl methyl sites for hydroxylation is 1. The minimum absolute atomic E-state index is 0.803. The molecule has 5 nitrogen and oxygen atoms in total. The van der Waals surface area contributed by atoms with E-state index in [0.29, 0.717) is 0 Å². The van der Waals surface area contributed by atoms with Gasteiger partial charge in [0.2, 0.25) is 0 Å². The van der Waals surface area contributed by atoms with Crippen molar-refractivity contribution in [3.8, 4) is 5.69 Å². The molecular weight excluding hydrogens is 266 g/mol. The van der Waals surface area contributed by atoms with Crippen LogP contribution in [0.4, 0.5) is 0 Å². The second kappa shape index (κ2) is 5.20. The van der Waals surface area contributed by atoms with Crippen LogP contribution in [0, 0.1) is 6.92 Å². The van der Waals surface area contributed by atoms with Gasteiger partial charge < -0.3 is 5.11 Å². The molecule has 1 aromatic heterocycles. The lowest BCUT2D eigenvalue weighted by Gasteiger charge is -2.07. The number of hydrogen-bond donors (Lipinski definition) is 1. The van der Waals surface area contributed by atoms with Crippen molar-refractivity contribution >= 4 is 23.1 Å². The van der Waals surface area contributed by atoms with Gasteiger partial charge in [0.25, 0.3) is 0 Å². The Morgan fingerprint density at radius 1 is 1.24 bits per heavy atom. The Balaban J connectivity index is 2.13. The van der Waals surface area contributed by atoms with Gasteiger partial charge in [0.15, 0.2) is 0 Å². The molecule has 0 atom stereocenters. The summed E-state index contributed by atoms with van der Waals surface area (Å²) < 4.78 is 1.77. The largest absolute Gasteiger partial charge is 0.478 e. The van der Waals surface area contributed by atoms with Gasteiger partial charge >= 0.3 is 5.97 Å². The van der Waals surface area contributed by atoms with Crippen LogP contribution in [0.15, 0.2) is 48.5 Å². The van der Waals surface area contributed by atoms with Crippen LogP contribution in [0.1, 0.15) is 11.1 Å². The fraction of sp³-hybridized carbons (Fsp3) is 0.0625. The molecule has 104 valence electrons.